The number of hydrogen-bond acceptors (Lipinski definition) is 4. The molecule has 0 saturated carbocycles. The first-order chi connectivity index (χ1) is 9.97. The molecule has 0 fully saturated rings. The summed E-state index contributed by atoms with van der Waals surface area (Å²) in [5.41, 5.74) is 0.0984. The number of urea groups is 1. The smallest absolute Gasteiger partial charge is 0.335 e. The second kappa shape index (κ2) is 6.27. The quantitative estimate of drug-likeness (QED) is 0.652. The van der Waals surface area contributed by atoms with E-state index in [0.29, 0.717) is 0 Å². The number of phenolic OH excluding ortho intramolecular Hbond substituents is 1. The van der Waals surface area contributed by atoms with Crippen LogP contribution in [-0.2, 0) is 0 Å². The van der Waals surface area contributed by atoms with Crippen LogP contribution in [0.4, 0.5) is 10.5 Å². The molecule has 0 saturated heterocycles. The number of rotatable bonds is 4. The van der Waals surface area contributed by atoms with Crippen molar-refractivity contribution >= 4 is 29.0 Å². The van der Waals surface area contributed by atoms with Gasteiger partial charge in [-0.3, -0.25) is 0 Å². The second-order valence-corrected chi connectivity index (χ2v) is 5.35. The standard InChI is InChI=1S/C14H14N2O4S/c1-8(12-3-2-6-21-12)15-14(20)16-10-5-4-9(13(18)19)7-11(10)17/h2-8,17H,1H3,(H,18,19)(H2,15,16,20). The monoisotopic (exact) mass is 306 g/mol. The van der Waals surface area contributed by atoms with Crippen LogP contribution in [0.15, 0.2) is 35.7 Å². The Bertz CT molecular complexity index is 655. The van der Waals surface area contributed by atoms with Gasteiger partial charge in [0.15, 0.2) is 0 Å². The van der Waals surface area contributed by atoms with Crippen molar-refractivity contribution in [2.24, 2.45) is 0 Å². The molecule has 0 radical (unpaired) electrons. The summed E-state index contributed by atoms with van der Waals surface area (Å²) >= 11 is 1.53. The number of carbonyl (C=O) groups is 2. The molecule has 0 aliphatic carbocycles. The van der Waals surface area contributed by atoms with Crippen LogP contribution in [0.2, 0.25) is 0 Å². The van der Waals surface area contributed by atoms with E-state index in [9.17, 15) is 14.7 Å². The van der Waals surface area contributed by atoms with E-state index >= 15 is 0 Å². The molecular weight excluding hydrogens is 292 g/mol. The highest BCUT2D eigenvalue weighted by Crippen LogP contribution is 2.24. The minimum atomic E-state index is -1.15. The number of benzene rings is 1. The van der Waals surface area contributed by atoms with Crippen molar-refractivity contribution in [1.29, 1.82) is 0 Å². The van der Waals surface area contributed by atoms with E-state index in [4.69, 9.17) is 5.11 Å². The Morgan fingerprint density at radius 1 is 1.29 bits per heavy atom. The van der Waals surface area contributed by atoms with Crippen molar-refractivity contribution in [1.82, 2.24) is 5.32 Å². The second-order valence-electron chi connectivity index (χ2n) is 4.37. The lowest BCUT2D eigenvalue weighted by atomic mass is 10.2. The molecule has 6 nitrogen and oxygen atoms in total. The molecule has 2 aromatic rings. The summed E-state index contributed by atoms with van der Waals surface area (Å²) in [6.07, 6.45) is 0. The number of phenols is 1. The van der Waals surface area contributed by atoms with Gasteiger partial charge >= 0.3 is 12.0 Å². The molecule has 0 aliphatic heterocycles. The lowest BCUT2D eigenvalue weighted by molar-refractivity contribution is 0.0696. The van der Waals surface area contributed by atoms with Crippen molar-refractivity contribution in [2.75, 3.05) is 5.32 Å². The number of aromatic carboxylic acids is 1. The van der Waals surface area contributed by atoms with Crippen molar-refractivity contribution in [3.63, 3.8) is 0 Å². The van der Waals surface area contributed by atoms with Crippen LogP contribution < -0.4 is 10.6 Å². The van der Waals surface area contributed by atoms with Gasteiger partial charge in [0.1, 0.15) is 5.75 Å². The molecule has 1 unspecified atom stereocenters. The van der Waals surface area contributed by atoms with Crippen LogP contribution in [0.3, 0.4) is 0 Å². The summed E-state index contributed by atoms with van der Waals surface area (Å²) in [5, 5.41) is 25.6. The first kappa shape index (κ1) is 14.9. The number of aromatic hydroxyl groups is 1. The molecule has 7 heteroatoms. The Hall–Kier alpha value is -2.54. The predicted molar refractivity (Wildman–Crippen MR) is 80.0 cm³/mol. The topological polar surface area (TPSA) is 98.7 Å². The molecule has 1 aromatic carbocycles. The van der Waals surface area contributed by atoms with Gasteiger partial charge in [-0.15, -0.1) is 11.3 Å². The van der Waals surface area contributed by atoms with Crippen LogP contribution in [0.1, 0.15) is 28.2 Å². The molecule has 2 amide bonds. The van der Waals surface area contributed by atoms with Gasteiger partial charge in [0, 0.05) is 4.88 Å². The minimum Gasteiger partial charge on any atom is -0.506 e. The van der Waals surface area contributed by atoms with E-state index in [1.54, 1.807) is 0 Å². The normalized spacial score (nSPS) is 11.7. The minimum absolute atomic E-state index is 0.0505. The SMILES string of the molecule is CC(NC(=O)Nc1ccc(C(=O)O)cc1O)c1cccs1. The molecule has 0 bridgehead atoms. The average molecular weight is 306 g/mol. The van der Waals surface area contributed by atoms with Crippen LogP contribution in [0.5, 0.6) is 5.75 Å². The van der Waals surface area contributed by atoms with Crippen molar-refractivity contribution in [3.8, 4) is 5.75 Å². The van der Waals surface area contributed by atoms with E-state index in [1.807, 2.05) is 24.4 Å². The molecule has 21 heavy (non-hydrogen) atoms. The van der Waals surface area contributed by atoms with Gasteiger partial charge in [-0.05, 0) is 36.6 Å². The lowest BCUT2D eigenvalue weighted by Crippen LogP contribution is -2.30. The summed E-state index contributed by atoms with van der Waals surface area (Å²) in [6, 6.07) is 6.90. The van der Waals surface area contributed by atoms with Gasteiger partial charge in [0.05, 0.1) is 17.3 Å². The molecule has 1 atom stereocenters. The highest BCUT2D eigenvalue weighted by atomic mass is 32.1. The highest BCUT2D eigenvalue weighted by Gasteiger charge is 2.13. The summed E-state index contributed by atoms with van der Waals surface area (Å²) in [6.45, 7) is 1.85. The fraction of sp³-hybridized carbons (Fsp3) is 0.143. The maximum absolute atomic E-state index is 11.8. The summed E-state index contributed by atoms with van der Waals surface area (Å²) in [4.78, 5) is 23.6. The fourth-order valence-electron chi connectivity index (χ4n) is 1.73. The molecule has 110 valence electrons. The number of anilines is 1. The van der Waals surface area contributed by atoms with Crippen molar-refractivity contribution in [3.05, 3.63) is 46.2 Å². The van der Waals surface area contributed by atoms with E-state index in [2.05, 4.69) is 10.6 Å². The van der Waals surface area contributed by atoms with Crippen LogP contribution >= 0.6 is 11.3 Å². The first-order valence-corrected chi connectivity index (χ1v) is 7.02. The third-order valence-electron chi connectivity index (χ3n) is 2.81. The van der Waals surface area contributed by atoms with Crippen molar-refractivity contribution < 1.29 is 19.8 Å². The Morgan fingerprint density at radius 3 is 2.62 bits per heavy atom. The zero-order valence-electron chi connectivity index (χ0n) is 11.2. The Morgan fingerprint density at radius 2 is 2.05 bits per heavy atom. The number of nitrogens with one attached hydrogen (secondary N) is 2. The van der Waals surface area contributed by atoms with Gasteiger partial charge < -0.3 is 20.8 Å². The molecule has 1 heterocycles. The zero-order valence-corrected chi connectivity index (χ0v) is 12.0. The number of carbonyl (C=O) groups excluding carboxylic acids is 1. The van der Waals surface area contributed by atoms with E-state index in [0.717, 1.165) is 10.9 Å². The van der Waals surface area contributed by atoms with E-state index < -0.39 is 12.0 Å². The largest absolute Gasteiger partial charge is 0.506 e. The van der Waals surface area contributed by atoms with E-state index in [-0.39, 0.29) is 23.0 Å². The molecule has 1 aromatic heterocycles. The summed E-state index contributed by atoms with van der Waals surface area (Å²) in [7, 11) is 0. The molecular formula is C14H14N2O4S. The number of carboxylic acid groups (broad SMARTS) is 1. The molecule has 0 spiro atoms. The lowest BCUT2D eigenvalue weighted by Gasteiger charge is -2.14. The van der Waals surface area contributed by atoms with Gasteiger partial charge in [-0.1, -0.05) is 6.07 Å². The number of thiophene rings is 1. The van der Waals surface area contributed by atoms with Gasteiger partial charge in [-0.25, -0.2) is 9.59 Å². The highest BCUT2D eigenvalue weighted by molar-refractivity contribution is 7.10. The zero-order chi connectivity index (χ0) is 15.4. The molecule has 2 rings (SSSR count). The van der Waals surface area contributed by atoms with Gasteiger partial charge in [0.25, 0.3) is 0 Å². The fourth-order valence-corrected chi connectivity index (χ4v) is 2.47. The maximum Gasteiger partial charge on any atom is 0.335 e. The number of hydrogen-bond donors (Lipinski definition) is 4. The summed E-state index contributed by atoms with van der Waals surface area (Å²) < 4.78 is 0. The number of carboxylic acids is 1. The van der Waals surface area contributed by atoms with Crippen LogP contribution in [0, 0.1) is 0 Å². The molecule has 4 N–H and O–H groups in total. The molecule has 0 aliphatic rings. The Balaban J connectivity index is 2.01. The summed E-state index contributed by atoms with van der Waals surface area (Å²) in [5.74, 6) is -1.44. The van der Waals surface area contributed by atoms with E-state index in [1.165, 1.54) is 23.5 Å². The number of amides is 2. The first-order valence-electron chi connectivity index (χ1n) is 6.14. The van der Waals surface area contributed by atoms with Crippen molar-refractivity contribution in [2.45, 2.75) is 13.0 Å². The van der Waals surface area contributed by atoms with Gasteiger partial charge in [-0.2, -0.15) is 0 Å². The average Bonchev–Trinajstić information content (AvgIpc) is 2.94. The third-order valence-corrected chi connectivity index (χ3v) is 3.87. The maximum atomic E-state index is 11.8. The van der Waals surface area contributed by atoms with Crippen LogP contribution in [0.25, 0.3) is 0 Å². The Labute approximate surface area is 125 Å². The third kappa shape index (κ3) is 3.73. The van der Waals surface area contributed by atoms with Crippen LogP contribution in [-0.4, -0.2) is 22.2 Å². The predicted octanol–water partition coefficient (Wildman–Crippen LogP) is 3.03. The Kier molecular flexibility index (Phi) is 4.44. The van der Waals surface area contributed by atoms with Gasteiger partial charge in [0.2, 0.25) is 0 Å².